The van der Waals surface area contributed by atoms with Gasteiger partial charge in [-0.25, -0.2) is 0 Å². The van der Waals surface area contributed by atoms with Crippen molar-refractivity contribution in [2.24, 2.45) is 0 Å². The van der Waals surface area contributed by atoms with Gasteiger partial charge in [-0.2, -0.15) is 0 Å². The fourth-order valence-corrected chi connectivity index (χ4v) is 2.55. The van der Waals surface area contributed by atoms with Crippen molar-refractivity contribution in [1.29, 1.82) is 0 Å². The topological polar surface area (TPSA) is 44.1 Å². The van der Waals surface area contributed by atoms with Gasteiger partial charge in [0.15, 0.2) is 0 Å². The molecule has 21 heavy (non-hydrogen) atoms. The van der Waals surface area contributed by atoms with Crippen LogP contribution in [0.1, 0.15) is 33.5 Å². The van der Waals surface area contributed by atoms with E-state index < -0.39 is 7.12 Å². The molecule has 2 saturated heterocycles. The van der Waals surface area contributed by atoms with E-state index in [-0.39, 0.29) is 11.2 Å². The van der Waals surface area contributed by atoms with Crippen LogP contribution >= 0.6 is 0 Å². The van der Waals surface area contributed by atoms with E-state index >= 15 is 0 Å². The van der Waals surface area contributed by atoms with E-state index in [0.717, 1.165) is 44.3 Å². The Labute approximate surface area is 126 Å². The summed E-state index contributed by atoms with van der Waals surface area (Å²) in [7, 11) is -0.423. The van der Waals surface area contributed by atoms with Crippen LogP contribution < -0.4 is 5.66 Å². The molecule has 3 rings (SSSR count). The van der Waals surface area contributed by atoms with E-state index in [1.54, 1.807) is 0 Å². The molecule has 0 radical (unpaired) electrons. The van der Waals surface area contributed by atoms with Crippen LogP contribution in [0, 0.1) is 0 Å². The zero-order valence-corrected chi connectivity index (χ0v) is 13.3. The Bertz CT molecular complexity index is 478. The van der Waals surface area contributed by atoms with Gasteiger partial charge in [0.2, 0.25) is 0 Å². The third kappa shape index (κ3) is 3.04. The molecule has 1 aromatic heterocycles. The number of morpholine rings is 1. The normalized spacial score (nSPS) is 25.4. The number of rotatable bonds is 3. The standard InChI is InChI=1S/C15H24BNO4/c1-14(2)15(3,4)21-16(20-14)13-6-5-12(19-13)11-17-7-9-18-10-8-17/h5-6H,7-11H2,1-4H3. The van der Waals surface area contributed by atoms with Crippen LogP contribution in [-0.4, -0.2) is 49.5 Å². The second-order valence-electron chi connectivity index (χ2n) is 6.78. The Morgan fingerprint density at radius 1 is 1.05 bits per heavy atom. The molecule has 0 saturated carbocycles. The van der Waals surface area contributed by atoms with Gasteiger partial charge < -0.3 is 18.5 Å². The van der Waals surface area contributed by atoms with Crippen LogP contribution in [0.5, 0.6) is 0 Å². The second kappa shape index (κ2) is 5.43. The Balaban J connectivity index is 1.65. The van der Waals surface area contributed by atoms with Crippen molar-refractivity contribution >= 4 is 12.8 Å². The van der Waals surface area contributed by atoms with Crippen LogP contribution in [0.4, 0.5) is 0 Å². The van der Waals surface area contributed by atoms with Crippen molar-refractivity contribution in [2.45, 2.75) is 45.4 Å². The highest BCUT2D eigenvalue weighted by atomic mass is 16.7. The fourth-order valence-electron chi connectivity index (χ4n) is 2.55. The van der Waals surface area contributed by atoms with Crippen LogP contribution in [0.3, 0.4) is 0 Å². The lowest BCUT2D eigenvalue weighted by Crippen LogP contribution is -2.41. The van der Waals surface area contributed by atoms with Crippen LogP contribution in [-0.2, 0) is 20.6 Å². The van der Waals surface area contributed by atoms with Crippen molar-refractivity contribution < 1.29 is 18.5 Å². The van der Waals surface area contributed by atoms with E-state index in [1.807, 2.05) is 39.8 Å². The second-order valence-corrected chi connectivity index (χ2v) is 6.78. The number of hydrogen-bond acceptors (Lipinski definition) is 5. The Morgan fingerprint density at radius 3 is 2.29 bits per heavy atom. The third-order valence-corrected chi connectivity index (χ3v) is 4.65. The molecule has 2 aliphatic rings. The Hall–Kier alpha value is -0.815. The first kappa shape index (κ1) is 15.1. The monoisotopic (exact) mass is 293 g/mol. The maximum Gasteiger partial charge on any atom is 0.532 e. The maximum atomic E-state index is 6.00. The molecule has 0 aromatic carbocycles. The number of nitrogens with zero attached hydrogens (tertiary/aromatic N) is 1. The fraction of sp³-hybridized carbons (Fsp3) is 0.733. The molecule has 1 aromatic rings. The molecule has 0 bridgehead atoms. The summed E-state index contributed by atoms with van der Waals surface area (Å²) >= 11 is 0. The molecule has 0 N–H and O–H groups in total. The molecular weight excluding hydrogens is 269 g/mol. The summed E-state index contributed by atoms with van der Waals surface area (Å²) < 4.78 is 23.3. The number of furan rings is 1. The van der Waals surface area contributed by atoms with Crippen molar-refractivity contribution in [3.63, 3.8) is 0 Å². The zero-order chi connectivity index (χ0) is 15.1. The zero-order valence-electron chi connectivity index (χ0n) is 13.3. The van der Waals surface area contributed by atoms with Crippen LogP contribution in [0.15, 0.2) is 16.5 Å². The molecule has 116 valence electrons. The van der Waals surface area contributed by atoms with Crippen molar-refractivity contribution in [3.05, 3.63) is 17.9 Å². The molecule has 5 nitrogen and oxygen atoms in total. The van der Waals surface area contributed by atoms with Gasteiger partial charge in [-0.15, -0.1) is 0 Å². The predicted octanol–water partition coefficient (Wildman–Crippen LogP) is 1.41. The average molecular weight is 293 g/mol. The van der Waals surface area contributed by atoms with E-state index in [0.29, 0.717) is 0 Å². The van der Waals surface area contributed by atoms with Gasteiger partial charge in [-0.3, -0.25) is 4.90 Å². The molecule has 2 fully saturated rings. The minimum absolute atomic E-state index is 0.338. The smallest absolute Gasteiger partial charge is 0.468 e. The summed E-state index contributed by atoms with van der Waals surface area (Å²) in [5, 5.41) is 0. The highest BCUT2D eigenvalue weighted by Gasteiger charge is 2.53. The van der Waals surface area contributed by atoms with Crippen molar-refractivity contribution in [1.82, 2.24) is 4.90 Å². The highest BCUT2D eigenvalue weighted by Crippen LogP contribution is 2.36. The van der Waals surface area contributed by atoms with Gasteiger partial charge in [-0.05, 0) is 39.8 Å². The molecule has 2 aliphatic heterocycles. The lowest BCUT2D eigenvalue weighted by atomic mass is 9.86. The quantitative estimate of drug-likeness (QED) is 0.788. The third-order valence-electron chi connectivity index (χ3n) is 4.65. The van der Waals surface area contributed by atoms with E-state index in [2.05, 4.69) is 4.90 Å². The van der Waals surface area contributed by atoms with Gasteiger partial charge in [0.05, 0.1) is 31.0 Å². The number of ether oxygens (including phenoxy) is 1. The van der Waals surface area contributed by atoms with Gasteiger partial charge in [0.1, 0.15) is 11.4 Å². The summed E-state index contributed by atoms with van der Waals surface area (Å²) in [4.78, 5) is 2.33. The van der Waals surface area contributed by atoms with E-state index in [4.69, 9.17) is 18.5 Å². The van der Waals surface area contributed by atoms with Crippen LogP contribution in [0.25, 0.3) is 0 Å². The SMILES string of the molecule is CC1(C)OB(c2ccc(CN3CCOCC3)o2)OC1(C)C. The predicted molar refractivity (Wildman–Crippen MR) is 80.5 cm³/mol. The molecule has 3 heterocycles. The summed E-state index contributed by atoms with van der Waals surface area (Å²) in [6.07, 6.45) is 0. The lowest BCUT2D eigenvalue weighted by molar-refractivity contribution is 0.00578. The lowest BCUT2D eigenvalue weighted by Gasteiger charge is -2.32. The molecule has 0 amide bonds. The average Bonchev–Trinajstić information content (AvgIpc) is 2.94. The van der Waals surface area contributed by atoms with Crippen molar-refractivity contribution in [2.75, 3.05) is 26.3 Å². The minimum atomic E-state index is -0.423. The number of hydrogen-bond donors (Lipinski definition) is 0. The van der Waals surface area contributed by atoms with Gasteiger partial charge in [-0.1, -0.05) is 0 Å². The van der Waals surface area contributed by atoms with Crippen LogP contribution in [0.2, 0.25) is 0 Å². The van der Waals surface area contributed by atoms with Gasteiger partial charge in [0.25, 0.3) is 0 Å². The summed E-state index contributed by atoms with van der Waals surface area (Å²) in [6, 6.07) is 3.97. The molecular formula is C15H24BNO4. The summed E-state index contributed by atoms with van der Waals surface area (Å²) in [5.41, 5.74) is 0.0702. The highest BCUT2D eigenvalue weighted by molar-refractivity contribution is 6.60. The molecule has 0 aliphatic carbocycles. The summed E-state index contributed by atoms with van der Waals surface area (Å²) in [5.74, 6) is 0.946. The largest absolute Gasteiger partial charge is 0.532 e. The first-order chi connectivity index (χ1) is 9.87. The van der Waals surface area contributed by atoms with E-state index in [1.165, 1.54) is 0 Å². The molecule has 0 atom stereocenters. The minimum Gasteiger partial charge on any atom is -0.468 e. The first-order valence-corrected chi connectivity index (χ1v) is 7.62. The molecule has 6 heteroatoms. The molecule has 0 unspecified atom stereocenters. The van der Waals surface area contributed by atoms with E-state index in [9.17, 15) is 0 Å². The molecule has 0 spiro atoms. The van der Waals surface area contributed by atoms with Crippen molar-refractivity contribution in [3.8, 4) is 0 Å². The Kier molecular flexibility index (Phi) is 3.90. The van der Waals surface area contributed by atoms with Gasteiger partial charge >= 0.3 is 7.12 Å². The Morgan fingerprint density at radius 2 is 1.67 bits per heavy atom. The first-order valence-electron chi connectivity index (χ1n) is 7.62. The van der Waals surface area contributed by atoms with Gasteiger partial charge in [0, 0.05) is 13.1 Å². The summed E-state index contributed by atoms with van der Waals surface area (Å²) in [6.45, 7) is 12.5. The maximum absolute atomic E-state index is 6.00.